The van der Waals surface area contributed by atoms with E-state index >= 15 is 0 Å². The Labute approximate surface area is 165 Å². The lowest BCUT2D eigenvalue weighted by Gasteiger charge is -2.33. The van der Waals surface area contributed by atoms with Gasteiger partial charge in [-0.15, -0.1) is 0 Å². The Balaban J connectivity index is 2.55. The van der Waals surface area contributed by atoms with Crippen molar-refractivity contribution in [1.29, 1.82) is 0 Å². The maximum absolute atomic E-state index is 10.4. The SMILES string of the molecule is CC(C)(C)CC(C)(C)c1ccc(O)c(C(=NO)c2ccc(Cl)cc2Cl)c1. The molecule has 0 radical (unpaired) electrons. The molecule has 0 aliphatic carbocycles. The molecule has 0 aromatic heterocycles. The first kappa shape index (κ1) is 20.6. The van der Waals surface area contributed by atoms with Crippen LogP contribution in [0.4, 0.5) is 0 Å². The molecule has 0 aliphatic rings. The molecule has 0 fully saturated rings. The third-order valence-electron chi connectivity index (χ3n) is 4.29. The topological polar surface area (TPSA) is 52.8 Å². The molecular formula is C21H25Cl2NO2. The van der Waals surface area contributed by atoms with Crippen LogP contribution in [0.3, 0.4) is 0 Å². The Morgan fingerprint density at radius 2 is 1.62 bits per heavy atom. The van der Waals surface area contributed by atoms with Gasteiger partial charge in [0.2, 0.25) is 0 Å². The van der Waals surface area contributed by atoms with Gasteiger partial charge in [-0.1, -0.05) is 69.0 Å². The number of phenols is 1. The van der Waals surface area contributed by atoms with Gasteiger partial charge in [0.05, 0.1) is 5.02 Å². The minimum atomic E-state index is -0.120. The lowest BCUT2D eigenvalue weighted by Crippen LogP contribution is -2.25. The van der Waals surface area contributed by atoms with Crippen molar-refractivity contribution in [1.82, 2.24) is 0 Å². The summed E-state index contributed by atoms with van der Waals surface area (Å²) in [5.74, 6) is 0.0270. The number of rotatable bonds is 4. The van der Waals surface area contributed by atoms with Gasteiger partial charge in [0.15, 0.2) is 0 Å². The van der Waals surface area contributed by atoms with Gasteiger partial charge >= 0.3 is 0 Å². The minimum absolute atomic E-state index is 0.0270. The highest BCUT2D eigenvalue weighted by Crippen LogP contribution is 2.38. The van der Waals surface area contributed by atoms with Crippen molar-refractivity contribution in [2.75, 3.05) is 0 Å². The molecule has 2 N–H and O–H groups in total. The third-order valence-corrected chi connectivity index (χ3v) is 4.84. The van der Waals surface area contributed by atoms with Crippen molar-refractivity contribution in [3.05, 3.63) is 63.1 Å². The molecule has 2 aromatic carbocycles. The van der Waals surface area contributed by atoms with Crippen LogP contribution in [0.1, 0.15) is 57.7 Å². The molecule has 0 spiro atoms. The second-order valence-corrected chi connectivity index (χ2v) is 9.27. The largest absolute Gasteiger partial charge is 0.507 e. The van der Waals surface area contributed by atoms with Gasteiger partial charge in [0.1, 0.15) is 11.5 Å². The number of phenolic OH excluding ortho intramolecular Hbond substituents is 1. The third kappa shape index (κ3) is 4.72. The normalized spacial score (nSPS) is 13.1. The van der Waals surface area contributed by atoms with Gasteiger partial charge in [0.25, 0.3) is 0 Å². The highest BCUT2D eigenvalue weighted by molar-refractivity contribution is 6.38. The molecule has 2 aromatic rings. The van der Waals surface area contributed by atoms with E-state index in [4.69, 9.17) is 23.2 Å². The fourth-order valence-electron chi connectivity index (χ4n) is 3.51. The van der Waals surface area contributed by atoms with Crippen LogP contribution >= 0.6 is 23.2 Å². The van der Waals surface area contributed by atoms with Gasteiger partial charge in [-0.3, -0.25) is 0 Å². The molecule has 0 unspecified atom stereocenters. The predicted molar refractivity (Wildman–Crippen MR) is 109 cm³/mol. The van der Waals surface area contributed by atoms with Crippen LogP contribution in [-0.2, 0) is 5.41 Å². The Morgan fingerprint density at radius 1 is 0.962 bits per heavy atom. The van der Waals surface area contributed by atoms with Crippen molar-refractivity contribution in [2.45, 2.75) is 46.5 Å². The first-order chi connectivity index (χ1) is 11.9. The van der Waals surface area contributed by atoms with Crippen LogP contribution in [0.25, 0.3) is 0 Å². The first-order valence-corrected chi connectivity index (χ1v) is 9.21. The van der Waals surface area contributed by atoms with E-state index in [1.54, 1.807) is 24.3 Å². The average molecular weight is 394 g/mol. The summed E-state index contributed by atoms with van der Waals surface area (Å²) in [4.78, 5) is 0. The second-order valence-electron chi connectivity index (χ2n) is 8.43. The zero-order chi connectivity index (χ0) is 19.7. The number of halogens is 2. The van der Waals surface area contributed by atoms with Crippen molar-refractivity contribution in [3.8, 4) is 5.75 Å². The van der Waals surface area contributed by atoms with Gasteiger partial charge in [-0.05, 0) is 53.1 Å². The molecule has 0 saturated carbocycles. The van der Waals surface area contributed by atoms with E-state index in [0.29, 0.717) is 21.2 Å². The lowest BCUT2D eigenvalue weighted by molar-refractivity contribution is 0.284. The van der Waals surface area contributed by atoms with Gasteiger partial charge in [-0.25, -0.2) is 0 Å². The maximum atomic E-state index is 10.4. The zero-order valence-corrected chi connectivity index (χ0v) is 17.3. The van der Waals surface area contributed by atoms with Crippen molar-refractivity contribution in [2.24, 2.45) is 10.6 Å². The van der Waals surface area contributed by atoms with Crippen LogP contribution in [0.15, 0.2) is 41.6 Å². The van der Waals surface area contributed by atoms with Crippen LogP contribution in [-0.4, -0.2) is 16.0 Å². The molecular weight excluding hydrogens is 369 g/mol. The van der Waals surface area contributed by atoms with Gasteiger partial charge < -0.3 is 10.3 Å². The number of benzene rings is 2. The summed E-state index contributed by atoms with van der Waals surface area (Å²) < 4.78 is 0. The van der Waals surface area contributed by atoms with Crippen molar-refractivity contribution >= 4 is 28.9 Å². The Kier molecular flexibility index (Phi) is 5.94. The molecule has 0 amide bonds. The zero-order valence-electron chi connectivity index (χ0n) is 15.8. The van der Waals surface area contributed by atoms with E-state index in [-0.39, 0.29) is 22.3 Å². The van der Waals surface area contributed by atoms with Crippen LogP contribution in [0, 0.1) is 5.41 Å². The van der Waals surface area contributed by atoms with Crippen LogP contribution in [0.2, 0.25) is 10.0 Å². The smallest absolute Gasteiger partial charge is 0.125 e. The number of oxime groups is 1. The Morgan fingerprint density at radius 3 is 2.15 bits per heavy atom. The first-order valence-electron chi connectivity index (χ1n) is 8.46. The van der Waals surface area contributed by atoms with Gasteiger partial charge in [0, 0.05) is 16.1 Å². The monoisotopic (exact) mass is 393 g/mol. The molecule has 0 atom stereocenters. The second kappa shape index (κ2) is 7.50. The molecule has 140 valence electrons. The summed E-state index contributed by atoms with van der Waals surface area (Å²) in [6.07, 6.45) is 0.956. The summed E-state index contributed by atoms with van der Waals surface area (Å²) in [6.45, 7) is 10.9. The fraction of sp³-hybridized carbons (Fsp3) is 0.381. The predicted octanol–water partition coefficient (Wildman–Crippen LogP) is 6.64. The van der Waals surface area contributed by atoms with Gasteiger partial charge in [-0.2, -0.15) is 0 Å². The van der Waals surface area contributed by atoms with E-state index in [1.165, 1.54) is 0 Å². The minimum Gasteiger partial charge on any atom is -0.507 e. The Hall–Kier alpha value is -1.71. The Bertz CT molecular complexity index is 836. The molecule has 0 bridgehead atoms. The van der Waals surface area contributed by atoms with Crippen molar-refractivity contribution in [3.63, 3.8) is 0 Å². The standard InChI is InChI=1S/C21H25Cl2NO2/c1-20(2,3)12-21(4,5)13-6-9-18(25)16(10-13)19(24-26)15-8-7-14(22)11-17(15)23/h6-11,25-26H,12H2,1-5H3. The van der Waals surface area contributed by atoms with E-state index in [9.17, 15) is 10.3 Å². The highest BCUT2D eigenvalue weighted by atomic mass is 35.5. The molecule has 5 heteroatoms. The number of hydrogen-bond donors (Lipinski definition) is 2. The lowest BCUT2D eigenvalue weighted by atomic mass is 9.72. The highest BCUT2D eigenvalue weighted by Gasteiger charge is 2.28. The summed E-state index contributed by atoms with van der Waals surface area (Å²) >= 11 is 12.2. The van der Waals surface area contributed by atoms with Crippen molar-refractivity contribution < 1.29 is 10.3 Å². The molecule has 0 heterocycles. The average Bonchev–Trinajstić information content (AvgIpc) is 2.49. The van der Waals surface area contributed by atoms with E-state index in [1.807, 2.05) is 12.1 Å². The van der Waals surface area contributed by atoms with E-state index in [2.05, 4.69) is 39.8 Å². The summed E-state index contributed by atoms with van der Waals surface area (Å²) in [5.41, 5.74) is 2.21. The van der Waals surface area contributed by atoms with E-state index in [0.717, 1.165) is 12.0 Å². The molecule has 2 rings (SSSR count). The van der Waals surface area contributed by atoms with Crippen LogP contribution in [0.5, 0.6) is 5.75 Å². The molecule has 26 heavy (non-hydrogen) atoms. The van der Waals surface area contributed by atoms with Crippen LogP contribution < -0.4 is 0 Å². The molecule has 0 saturated heterocycles. The number of nitrogens with zero attached hydrogens (tertiary/aromatic N) is 1. The quantitative estimate of drug-likeness (QED) is 0.347. The summed E-state index contributed by atoms with van der Waals surface area (Å²) in [6, 6.07) is 10.3. The fourth-order valence-corrected chi connectivity index (χ4v) is 4.01. The molecule has 3 nitrogen and oxygen atoms in total. The summed E-state index contributed by atoms with van der Waals surface area (Å²) in [5, 5.41) is 24.2. The summed E-state index contributed by atoms with van der Waals surface area (Å²) in [7, 11) is 0. The number of hydrogen-bond acceptors (Lipinski definition) is 3. The molecule has 0 aliphatic heterocycles. The number of aromatic hydroxyl groups is 1. The van der Waals surface area contributed by atoms with E-state index < -0.39 is 0 Å². The maximum Gasteiger partial charge on any atom is 0.125 e.